The average molecular weight is 314 g/mol. The number of carboxylic acid groups (broad SMARTS) is 1. The van der Waals surface area contributed by atoms with Crippen LogP contribution in [-0.4, -0.2) is 28.3 Å². The molecule has 2 N–H and O–H groups in total. The first-order chi connectivity index (χ1) is 11.1. The fourth-order valence-corrected chi connectivity index (χ4v) is 2.20. The van der Waals surface area contributed by atoms with Crippen LogP contribution in [0.25, 0.3) is 0 Å². The number of hydrogen-bond acceptors (Lipinski definition) is 4. The molecule has 0 aliphatic carbocycles. The summed E-state index contributed by atoms with van der Waals surface area (Å²) < 4.78 is 5.17. The van der Waals surface area contributed by atoms with E-state index in [-0.39, 0.29) is 13.0 Å². The van der Waals surface area contributed by atoms with Gasteiger partial charge in [-0.25, -0.2) is 4.79 Å². The summed E-state index contributed by atoms with van der Waals surface area (Å²) in [7, 11) is 0. The summed E-state index contributed by atoms with van der Waals surface area (Å²) in [5.74, 6) is -3.33. The number of rotatable bonds is 7. The van der Waals surface area contributed by atoms with Crippen LogP contribution in [0.5, 0.6) is 0 Å². The van der Waals surface area contributed by atoms with Crippen LogP contribution in [0, 0.1) is 5.92 Å². The number of carboxylic acids is 1. The molecule has 0 aliphatic heterocycles. The summed E-state index contributed by atoms with van der Waals surface area (Å²) in [6.07, 6.45) is -1.71. The van der Waals surface area contributed by atoms with Gasteiger partial charge >= 0.3 is 11.9 Å². The lowest BCUT2D eigenvalue weighted by Gasteiger charge is -2.19. The fraction of sp³-hybridized carbons (Fsp3) is 0.222. The predicted octanol–water partition coefficient (Wildman–Crippen LogP) is 2.03. The molecule has 2 rings (SSSR count). The molecule has 2 aromatic rings. The number of carbonyl (C=O) groups is 2. The Kier molecular flexibility index (Phi) is 5.88. The second-order valence-electron chi connectivity index (χ2n) is 5.17. The Morgan fingerprint density at radius 2 is 1.43 bits per heavy atom. The summed E-state index contributed by atoms with van der Waals surface area (Å²) >= 11 is 0. The lowest BCUT2D eigenvalue weighted by atomic mass is 9.94. The van der Waals surface area contributed by atoms with Crippen molar-refractivity contribution < 1.29 is 24.5 Å². The van der Waals surface area contributed by atoms with E-state index in [2.05, 4.69) is 0 Å². The standard InChI is InChI=1S/C18H18O5/c19-16(17(20)21)15(11-13-7-3-1-4-8-13)18(22)23-12-14-9-5-2-6-10-14/h1-10,15-16,19H,11-12H2,(H,20,21)/t15-,16+/m1/s1. The van der Waals surface area contributed by atoms with Crippen molar-refractivity contribution in [2.24, 2.45) is 5.92 Å². The van der Waals surface area contributed by atoms with Gasteiger partial charge in [-0.1, -0.05) is 60.7 Å². The summed E-state index contributed by atoms with van der Waals surface area (Å²) in [5.41, 5.74) is 1.55. The van der Waals surface area contributed by atoms with Crippen molar-refractivity contribution in [1.29, 1.82) is 0 Å². The lowest BCUT2D eigenvalue weighted by molar-refractivity contribution is -0.163. The summed E-state index contributed by atoms with van der Waals surface area (Å²) in [4.78, 5) is 23.3. The van der Waals surface area contributed by atoms with Gasteiger partial charge in [0.15, 0.2) is 6.10 Å². The number of hydrogen-bond donors (Lipinski definition) is 2. The molecule has 23 heavy (non-hydrogen) atoms. The first-order valence-electron chi connectivity index (χ1n) is 7.23. The van der Waals surface area contributed by atoms with Crippen molar-refractivity contribution in [1.82, 2.24) is 0 Å². The van der Waals surface area contributed by atoms with Crippen LogP contribution in [0.15, 0.2) is 60.7 Å². The van der Waals surface area contributed by atoms with Crippen LogP contribution in [0.4, 0.5) is 0 Å². The van der Waals surface area contributed by atoms with Crippen molar-refractivity contribution in [3.8, 4) is 0 Å². The summed E-state index contributed by atoms with van der Waals surface area (Å²) in [6, 6.07) is 18.0. The molecule has 0 saturated heterocycles. The maximum absolute atomic E-state index is 12.2. The number of ether oxygens (including phenoxy) is 1. The highest BCUT2D eigenvalue weighted by Gasteiger charge is 2.33. The van der Waals surface area contributed by atoms with Crippen LogP contribution < -0.4 is 0 Å². The van der Waals surface area contributed by atoms with E-state index in [1.54, 1.807) is 36.4 Å². The van der Waals surface area contributed by atoms with Gasteiger partial charge in [-0.15, -0.1) is 0 Å². The van der Waals surface area contributed by atoms with Gasteiger partial charge in [0.05, 0.1) is 5.92 Å². The first-order valence-corrected chi connectivity index (χ1v) is 7.23. The van der Waals surface area contributed by atoms with E-state index in [9.17, 15) is 14.7 Å². The molecule has 0 aromatic heterocycles. The van der Waals surface area contributed by atoms with E-state index in [1.165, 1.54) is 0 Å². The van der Waals surface area contributed by atoms with Crippen molar-refractivity contribution in [3.63, 3.8) is 0 Å². The molecule has 0 unspecified atom stereocenters. The largest absolute Gasteiger partial charge is 0.479 e. The minimum Gasteiger partial charge on any atom is -0.479 e. The topological polar surface area (TPSA) is 83.8 Å². The molecular weight excluding hydrogens is 296 g/mol. The Hall–Kier alpha value is -2.66. The SMILES string of the molecule is O=C(O)[C@@H](O)[C@@H](Cc1ccccc1)C(=O)OCc1ccccc1. The first kappa shape index (κ1) is 16.7. The van der Waals surface area contributed by atoms with Crippen LogP contribution in [0.1, 0.15) is 11.1 Å². The number of aliphatic hydroxyl groups is 1. The predicted molar refractivity (Wildman–Crippen MR) is 83.5 cm³/mol. The monoisotopic (exact) mass is 314 g/mol. The third kappa shape index (κ3) is 4.93. The van der Waals surface area contributed by atoms with Crippen molar-refractivity contribution in [3.05, 3.63) is 71.8 Å². The number of aliphatic hydroxyl groups excluding tert-OH is 1. The Morgan fingerprint density at radius 3 is 1.96 bits per heavy atom. The van der Waals surface area contributed by atoms with Crippen molar-refractivity contribution in [2.75, 3.05) is 0 Å². The second-order valence-corrected chi connectivity index (χ2v) is 5.17. The zero-order chi connectivity index (χ0) is 16.7. The highest BCUT2D eigenvalue weighted by molar-refractivity contribution is 5.82. The van der Waals surface area contributed by atoms with Gasteiger partial charge in [-0.3, -0.25) is 4.79 Å². The quantitative estimate of drug-likeness (QED) is 0.764. The molecule has 120 valence electrons. The Bertz CT molecular complexity index is 639. The third-order valence-corrected chi connectivity index (χ3v) is 3.46. The zero-order valence-electron chi connectivity index (χ0n) is 12.5. The Labute approximate surface area is 134 Å². The van der Waals surface area contributed by atoms with E-state index >= 15 is 0 Å². The molecule has 0 radical (unpaired) electrons. The van der Waals surface area contributed by atoms with Crippen LogP contribution in [-0.2, 0) is 27.4 Å². The molecule has 0 spiro atoms. The highest BCUT2D eigenvalue weighted by atomic mass is 16.5. The van der Waals surface area contributed by atoms with Gasteiger partial charge in [0.25, 0.3) is 0 Å². The zero-order valence-corrected chi connectivity index (χ0v) is 12.5. The van der Waals surface area contributed by atoms with Gasteiger partial charge in [-0.05, 0) is 17.5 Å². The highest BCUT2D eigenvalue weighted by Crippen LogP contribution is 2.16. The summed E-state index contributed by atoms with van der Waals surface area (Å²) in [5, 5.41) is 18.8. The molecule has 0 saturated carbocycles. The normalized spacial score (nSPS) is 13.1. The molecule has 0 amide bonds. The fourth-order valence-electron chi connectivity index (χ4n) is 2.20. The average Bonchev–Trinajstić information content (AvgIpc) is 2.58. The van der Waals surface area contributed by atoms with Crippen molar-refractivity contribution >= 4 is 11.9 Å². The lowest BCUT2D eigenvalue weighted by Crippen LogP contribution is -2.37. The molecule has 2 aromatic carbocycles. The van der Waals surface area contributed by atoms with Gasteiger partial charge in [0, 0.05) is 0 Å². The van der Waals surface area contributed by atoms with E-state index in [0.29, 0.717) is 0 Å². The van der Waals surface area contributed by atoms with Crippen LogP contribution >= 0.6 is 0 Å². The minimum atomic E-state index is -1.81. The number of esters is 1. The molecule has 5 nitrogen and oxygen atoms in total. The third-order valence-electron chi connectivity index (χ3n) is 3.46. The van der Waals surface area contributed by atoms with Gasteiger partial charge in [0.1, 0.15) is 6.61 Å². The van der Waals surface area contributed by atoms with Crippen LogP contribution in [0.2, 0.25) is 0 Å². The summed E-state index contributed by atoms with van der Waals surface area (Å²) in [6.45, 7) is 0.0390. The molecular formula is C18H18O5. The van der Waals surface area contributed by atoms with Crippen molar-refractivity contribution in [2.45, 2.75) is 19.1 Å². The van der Waals surface area contributed by atoms with Crippen LogP contribution in [0.3, 0.4) is 0 Å². The van der Waals surface area contributed by atoms with Gasteiger partial charge in [0.2, 0.25) is 0 Å². The minimum absolute atomic E-state index is 0.0390. The van der Waals surface area contributed by atoms with Gasteiger partial charge in [-0.2, -0.15) is 0 Å². The molecule has 0 aliphatic rings. The molecule has 0 fully saturated rings. The van der Waals surface area contributed by atoms with Gasteiger partial charge < -0.3 is 14.9 Å². The van der Waals surface area contributed by atoms with E-state index < -0.39 is 24.0 Å². The molecule has 2 atom stereocenters. The van der Waals surface area contributed by atoms with E-state index in [4.69, 9.17) is 9.84 Å². The maximum atomic E-state index is 12.2. The molecule has 0 heterocycles. The van der Waals surface area contributed by atoms with E-state index in [1.807, 2.05) is 24.3 Å². The number of aliphatic carboxylic acids is 1. The number of benzene rings is 2. The molecule has 0 bridgehead atoms. The number of carbonyl (C=O) groups excluding carboxylic acids is 1. The maximum Gasteiger partial charge on any atom is 0.333 e. The Balaban J connectivity index is 2.06. The molecule has 5 heteroatoms. The second kappa shape index (κ2) is 8.10. The van der Waals surface area contributed by atoms with E-state index in [0.717, 1.165) is 11.1 Å². The Morgan fingerprint density at radius 1 is 0.913 bits per heavy atom. The smallest absolute Gasteiger partial charge is 0.333 e.